The highest BCUT2D eigenvalue weighted by Gasteiger charge is 2.21. The molecule has 0 N–H and O–H groups in total. The lowest BCUT2D eigenvalue weighted by molar-refractivity contribution is 0.670. The first-order chi connectivity index (χ1) is 24.3. The molecule has 0 spiro atoms. The van der Waals surface area contributed by atoms with E-state index in [-0.39, 0.29) is 0 Å². The molecule has 49 heavy (non-hydrogen) atoms. The molecule has 11 aromatic carbocycles. The molecule has 12 rings (SSSR count). The summed E-state index contributed by atoms with van der Waals surface area (Å²) in [6.07, 6.45) is 0. The molecule has 0 radical (unpaired) electrons. The molecule has 0 fully saturated rings. The van der Waals surface area contributed by atoms with Crippen LogP contribution in [-0.2, 0) is 0 Å². The molecular weight excluding hydrogens is 593 g/mol. The molecule has 224 valence electrons. The second-order valence-electron chi connectivity index (χ2n) is 13.6. The largest absolute Gasteiger partial charge is 0.455 e. The Balaban J connectivity index is 1.27. The Labute approximate surface area is 280 Å². The Morgan fingerprint density at radius 3 is 1.63 bits per heavy atom. The van der Waals surface area contributed by atoms with Crippen LogP contribution in [-0.4, -0.2) is 0 Å². The molecule has 1 heteroatoms. The fraction of sp³-hybridized carbons (Fsp3) is 0. The first-order valence-corrected chi connectivity index (χ1v) is 17.0. The van der Waals surface area contributed by atoms with Gasteiger partial charge in [0.1, 0.15) is 11.2 Å². The van der Waals surface area contributed by atoms with Gasteiger partial charge in [0.25, 0.3) is 0 Å². The van der Waals surface area contributed by atoms with E-state index in [1.165, 1.54) is 97.5 Å². The van der Waals surface area contributed by atoms with Gasteiger partial charge in [-0.3, -0.25) is 0 Å². The third kappa shape index (κ3) is 3.34. The van der Waals surface area contributed by atoms with Gasteiger partial charge in [0.05, 0.1) is 0 Å². The van der Waals surface area contributed by atoms with Crippen LogP contribution in [0.4, 0.5) is 0 Å². The van der Waals surface area contributed by atoms with Crippen molar-refractivity contribution >= 4 is 97.3 Å². The van der Waals surface area contributed by atoms with Crippen LogP contribution in [0.2, 0.25) is 0 Å². The van der Waals surface area contributed by atoms with Crippen LogP contribution in [0.25, 0.3) is 120 Å². The molecule has 0 atom stereocenters. The zero-order valence-electron chi connectivity index (χ0n) is 26.4. The molecule has 0 aliphatic heterocycles. The third-order valence-electron chi connectivity index (χ3n) is 11.1. The maximum Gasteiger partial charge on any atom is 0.143 e. The van der Waals surface area contributed by atoms with Crippen LogP contribution in [0.5, 0.6) is 0 Å². The lowest BCUT2D eigenvalue weighted by atomic mass is 9.86. The van der Waals surface area contributed by atoms with Crippen LogP contribution in [0.15, 0.2) is 162 Å². The lowest BCUT2D eigenvalue weighted by Gasteiger charge is -2.17. The summed E-state index contributed by atoms with van der Waals surface area (Å²) in [5.74, 6) is 0. The van der Waals surface area contributed by atoms with E-state index in [1.54, 1.807) is 0 Å². The Kier molecular flexibility index (Phi) is 4.77. The Bertz CT molecular complexity index is 3310. The minimum absolute atomic E-state index is 0.916. The first-order valence-electron chi connectivity index (χ1n) is 17.0. The number of rotatable bonds is 2. The van der Waals surface area contributed by atoms with Gasteiger partial charge in [-0.1, -0.05) is 133 Å². The normalized spacial score (nSPS) is 12.5. The Morgan fingerprint density at radius 2 is 0.837 bits per heavy atom. The smallest absolute Gasteiger partial charge is 0.143 e. The van der Waals surface area contributed by atoms with Crippen LogP contribution in [0.3, 0.4) is 0 Å². The summed E-state index contributed by atoms with van der Waals surface area (Å²) >= 11 is 0. The summed E-state index contributed by atoms with van der Waals surface area (Å²) in [5.41, 5.74) is 6.60. The van der Waals surface area contributed by atoms with Gasteiger partial charge in [0, 0.05) is 16.3 Å². The summed E-state index contributed by atoms with van der Waals surface area (Å²) in [5, 5.41) is 20.2. The maximum atomic E-state index is 6.92. The number of fused-ring (bicyclic) bond motifs is 5. The number of furan rings is 1. The van der Waals surface area contributed by atoms with E-state index in [2.05, 4.69) is 158 Å². The Morgan fingerprint density at radius 1 is 0.286 bits per heavy atom. The van der Waals surface area contributed by atoms with E-state index >= 15 is 0 Å². The quantitative estimate of drug-likeness (QED) is 0.176. The summed E-state index contributed by atoms with van der Waals surface area (Å²) in [7, 11) is 0. The number of benzene rings is 11. The molecule has 1 heterocycles. The summed E-state index contributed by atoms with van der Waals surface area (Å²) < 4.78 is 6.92. The SMILES string of the molecule is c1ccc2c(c1)ccc1oc3c(-c4ccc5ccc6cccc7ccc4c5c67)cc(-c4cc5cccc6ccc7cccc4c7c65)cc3c12. The van der Waals surface area contributed by atoms with Crippen molar-refractivity contribution in [3.63, 3.8) is 0 Å². The highest BCUT2D eigenvalue weighted by Crippen LogP contribution is 2.47. The van der Waals surface area contributed by atoms with Crippen molar-refractivity contribution in [3.8, 4) is 22.3 Å². The lowest BCUT2D eigenvalue weighted by Crippen LogP contribution is -1.90. The second-order valence-corrected chi connectivity index (χ2v) is 13.6. The molecule has 0 saturated carbocycles. The molecule has 1 nitrogen and oxygen atoms in total. The number of hydrogen-bond donors (Lipinski definition) is 0. The summed E-state index contributed by atoms with van der Waals surface area (Å²) in [6, 6.07) is 58.4. The fourth-order valence-corrected chi connectivity index (χ4v) is 8.98. The van der Waals surface area contributed by atoms with E-state index < -0.39 is 0 Å². The van der Waals surface area contributed by atoms with Crippen molar-refractivity contribution in [1.29, 1.82) is 0 Å². The van der Waals surface area contributed by atoms with Gasteiger partial charge in [-0.05, 0) is 116 Å². The molecule has 0 saturated heterocycles. The zero-order valence-corrected chi connectivity index (χ0v) is 26.4. The van der Waals surface area contributed by atoms with Crippen molar-refractivity contribution in [2.75, 3.05) is 0 Å². The van der Waals surface area contributed by atoms with E-state index in [9.17, 15) is 0 Å². The van der Waals surface area contributed by atoms with Gasteiger partial charge < -0.3 is 4.42 Å². The van der Waals surface area contributed by atoms with Crippen LogP contribution in [0.1, 0.15) is 0 Å². The van der Waals surface area contributed by atoms with Crippen LogP contribution >= 0.6 is 0 Å². The van der Waals surface area contributed by atoms with Gasteiger partial charge in [0.15, 0.2) is 0 Å². The molecule has 0 amide bonds. The van der Waals surface area contributed by atoms with Crippen LogP contribution in [0, 0.1) is 0 Å². The molecular formula is C48H26O. The van der Waals surface area contributed by atoms with Crippen molar-refractivity contribution < 1.29 is 4.42 Å². The number of hydrogen-bond acceptors (Lipinski definition) is 1. The van der Waals surface area contributed by atoms with Crippen molar-refractivity contribution in [1.82, 2.24) is 0 Å². The average molecular weight is 619 g/mol. The summed E-state index contributed by atoms with van der Waals surface area (Å²) in [4.78, 5) is 0. The predicted octanol–water partition coefficient (Wildman–Crippen LogP) is 13.9. The van der Waals surface area contributed by atoms with Gasteiger partial charge in [-0.25, -0.2) is 0 Å². The first kappa shape index (κ1) is 25.6. The standard InChI is InChI=1S/C48H26O/c1-2-12-35-27(6-1)20-23-42-47(35)41-26-34(39-24-33-11-4-9-29-14-16-31-10-5-13-37(39)45(31)44(29)33)25-40(48(41)49-42)36-21-18-32-17-15-28-7-3-8-30-19-22-38(36)46(32)43(28)30/h1-26H. The fourth-order valence-electron chi connectivity index (χ4n) is 8.98. The van der Waals surface area contributed by atoms with Gasteiger partial charge in [-0.15, -0.1) is 0 Å². The van der Waals surface area contributed by atoms with E-state index in [1.807, 2.05) is 0 Å². The van der Waals surface area contributed by atoms with Crippen molar-refractivity contribution in [2.45, 2.75) is 0 Å². The van der Waals surface area contributed by atoms with Crippen LogP contribution < -0.4 is 0 Å². The predicted molar refractivity (Wildman–Crippen MR) is 210 cm³/mol. The van der Waals surface area contributed by atoms with Gasteiger partial charge in [0.2, 0.25) is 0 Å². The molecule has 12 aromatic rings. The van der Waals surface area contributed by atoms with E-state index in [0.29, 0.717) is 0 Å². The Hall–Kier alpha value is -6.44. The van der Waals surface area contributed by atoms with Gasteiger partial charge in [-0.2, -0.15) is 0 Å². The van der Waals surface area contributed by atoms with E-state index in [0.717, 1.165) is 22.1 Å². The highest BCUT2D eigenvalue weighted by molar-refractivity contribution is 6.29. The summed E-state index contributed by atoms with van der Waals surface area (Å²) in [6.45, 7) is 0. The third-order valence-corrected chi connectivity index (χ3v) is 11.1. The average Bonchev–Trinajstić information content (AvgIpc) is 3.55. The van der Waals surface area contributed by atoms with Crippen molar-refractivity contribution in [2.24, 2.45) is 0 Å². The second kappa shape index (κ2) is 9.13. The molecule has 0 unspecified atom stereocenters. The van der Waals surface area contributed by atoms with Crippen molar-refractivity contribution in [3.05, 3.63) is 158 Å². The highest BCUT2D eigenvalue weighted by atomic mass is 16.3. The van der Waals surface area contributed by atoms with Gasteiger partial charge >= 0.3 is 0 Å². The maximum absolute atomic E-state index is 6.92. The molecule has 0 aliphatic carbocycles. The molecule has 1 aromatic heterocycles. The molecule has 0 aliphatic rings. The topological polar surface area (TPSA) is 13.1 Å². The minimum atomic E-state index is 0.916. The van der Waals surface area contributed by atoms with E-state index in [4.69, 9.17) is 4.42 Å². The minimum Gasteiger partial charge on any atom is -0.455 e. The molecule has 0 bridgehead atoms. The zero-order chi connectivity index (χ0) is 31.8. The monoisotopic (exact) mass is 618 g/mol.